The molecule has 0 radical (unpaired) electrons. The highest BCUT2D eigenvalue weighted by molar-refractivity contribution is 7.47. The Bertz CT molecular complexity index is 1140. The summed E-state index contributed by atoms with van der Waals surface area (Å²) >= 11 is 0. The van der Waals surface area contributed by atoms with Gasteiger partial charge in [-0.3, -0.25) is 13.8 Å². The maximum Gasteiger partial charge on any atom is 0.472 e. The average molecular weight is 845 g/mol. The van der Waals surface area contributed by atoms with Crippen LogP contribution in [0.2, 0.25) is 0 Å². The molecule has 0 aromatic carbocycles. The highest BCUT2D eigenvalue weighted by Gasteiger charge is 2.51. The molecular weight excluding hydrogens is 763 g/mol. The van der Waals surface area contributed by atoms with Gasteiger partial charge in [0, 0.05) is 13.0 Å². The first-order valence-electron chi connectivity index (χ1n) is 22.5. The van der Waals surface area contributed by atoms with E-state index in [1.54, 1.807) is 0 Å². The SMILES string of the molecule is CC/C=C\C/C=C\C/C=C\C/C=C\CCCCCCCCC(=O)OC(COCCCCCCCCCCCCCC)COP(=O)(O)OC1C(O)C(O)C(O)C(O)C1O. The van der Waals surface area contributed by atoms with Crippen molar-refractivity contribution in [1.29, 1.82) is 0 Å². The van der Waals surface area contributed by atoms with Crippen molar-refractivity contribution in [2.75, 3.05) is 19.8 Å². The van der Waals surface area contributed by atoms with Crippen LogP contribution < -0.4 is 0 Å². The summed E-state index contributed by atoms with van der Waals surface area (Å²) < 4.78 is 34.1. The summed E-state index contributed by atoms with van der Waals surface area (Å²) in [5.74, 6) is -0.492. The van der Waals surface area contributed by atoms with Gasteiger partial charge in [0.25, 0.3) is 0 Å². The van der Waals surface area contributed by atoms with E-state index in [0.717, 1.165) is 83.5 Å². The Hall–Kier alpha value is -1.70. The molecule has 6 atom stereocenters. The van der Waals surface area contributed by atoms with Crippen LogP contribution in [0.4, 0.5) is 0 Å². The molecule has 0 aliphatic heterocycles. The summed E-state index contributed by atoms with van der Waals surface area (Å²) in [6, 6.07) is 0. The topological polar surface area (TPSA) is 192 Å². The number of ether oxygens (including phenoxy) is 2. The van der Waals surface area contributed by atoms with Crippen molar-refractivity contribution < 1.29 is 58.3 Å². The second-order valence-electron chi connectivity index (χ2n) is 15.5. The molecule has 1 fully saturated rings. The first-order valence-corrected chi connectivity index (χ1v) is 24.0. The smallest absolute Gasteiger partial charge is 0.457 e. The first-order chi connectivity index (χ1) is 28.0. The summed E-state index contributed by atoms with van der Waals surface area (Å²) in [6.45, 7) is 4.12. The van der Waals surface area contributed by atoms with Crippen LogP contribution in [-0.2, 0) is 27.9 Å². The van der Waals surface area contributed by atoms with Crippen molar-refractivity contribution in [2.24, 2.45) is 0 Å². The molecule has 1 saturated carbocycles. The Kier molecular flexibility index (Phi) is 33.7. The minimum absolute atomic E-state index is 0.0820. The molecule has 6 N–H and O–H groups in total. The number of carbonyl (C=O) groups is 1. The maximum absolute atomic E-state index is 12.8. The van der Waals surface area contributed by atoms with Crippen molar-refractivity contribution in [2.45, 2.75) is 211 Å². The van der Waals surface area contributed by atoms with Crippen molar-refractivity contribution >= 4 is 13.8 Å². The zero-order valence-electron chi connectivity index (χ0n) is 35.8. The molecule has 0 heterocycles. The summed E-state index contributed by atoms with van der Waals surface area (Å²) in [4.78, 5) is 23.1. The molecular formula is C45H81O12P. The van der Waals surface area contributed by atoms with Crippen LogP contribution in [-0.4, -0.2) is 98.9 Å². The Labute approximate surface area is 350 Å². The van der Waals surface area contributed by atoms with E-state index in [4.69, 9.17) is 18.5 Å². The molecule has 1 aliphatic carbocycles. The Morgan fingerprint density at radius 1 is 0.569 bits per heavy atom. The number of aliphatic hydroxyl groups is 5. The molecule has 0 bridgehead atoms. The third-order valence-corrected chi connectivity index (χ3v) is 11.2. The first kappa shape index (κ1) is 54.3. The third-order valence-electron chi connectivity index (χ3n) is 10.2. The fraction of sp³-hybridized carbons (Fsp3) is 0.800. The number of esters is 1. The number of rotatable bonds is 37. The quantitative estimate of drug-likeness (QED) is 0.0151. The van der Waals surface area contributed by atoms with E-state index in [-0.39, 0.29) is 13.0 Å². The number of hydrogen-bond donors (Lipinski definition) is 6. The Morgan fingerprint density at radius 3 is 1.55 bits per heavy atom. The zero-order valence-corrected chi connectivity index (χ0v) is 36.7. The lowest BCUT2D eigenvalue weighted by molar-refractivity contribution is -0.220. The van der Waals surface area contributed by atoms with Gasteiger partial charge in [0.15, 0.2) is 0 Å². The lowest BCUT2D eigenvalue weighted by Gasteiger charge is -2.41. The van der Waals surface area contributed by atoms with E-state index >= 15 is 0 Å². The monoisotopic (exact) mass is 845 g/mol. The number of phosphoric ester groups is 1. The summed E-state index contributed by atoms with van der Waals surface area (Å²) in [5, 5.41) is 50.1. The fourth-order valence-corrected chi connectivity index (χ4v) is 7.61. The molecule has 0 saturated heterocycles. The van der Waals surface area contributed by atoms with Crippen LogP contribution in [0.1, 0.15) is 168 Å². The van der Waals surface area contributed by atoms with Crippen molar-refractivity contribution in [3.63, 3.8) is 0 Å². The molecule has 0 aromatic rings. The number of phosphoric acid groups is 1. The van der Waals surface area contributed by atoms with E-state index in [0.29, 0.717) is 13.0 Å². The van der Waals surface area contributed by atoms with E-state index < -0.39 is 63.1 Å². The maximum atomic E-state index is 12.8. The summed E-state index contributed by atoms with van der Waals surface area (Å²) in [6.07, 6.45) is 30.3. The minimum Gasteiger partial charge on any atom is -0.457 e. The number of carbonyl (C=O) groups excluding carboxylic acids is 1. The molecule has 13 heteroatoms. The largest absolute Gasteiger partial charge is 0.472 e. The predicted molar refractivity (Wildman–Crippen MR) is 230 cm³/mol. The lowest BCUT2D eigenvalue weighted by Crippen LogP contribution is -2.64. The molecule has 0 spiro atoms. The van der Waals surface area contributed by atoms with Gasteiger partial charge in [0.2, 0.25) is 0 Å². The van der Waals surface area contributed by atoms with Gasteiger partial charge in [-0.15, -0.1) is 0 Å². The highest BCUT2D eigenvalue weighted by atomic mass is 31.2. The van der Waals surface area contributed by atoms with Crippen molar-refractivity contribution in [1.82, 2.24) is 0 Å². The minimum atomic E-state index is -5.02. The number of unbranched alkanes of at least 4 members (excludes halogenated alkanes) is 17. The van der Waals surface area contributed by atoms with Crippen LogP contribution in [0.5, 0.6) is 0 Å². The number of aliphatic hydroxyl groups excluding tert-OH is 5. The third kappa shape index (κ3) is 27.9. The van der Waals surface area contributed by atoms with Crippen molar-refractivity contribution in [3.8, 4) is 0 Å². The molecule has 6 unspecified atom stereocenters. The van der Waals surface area contributed by atoms with Gasteiger partial charge in [-0.2, -0.15) is 0 Å². The van der Waals surface area contributed by atoms with E-state index in [1.807, 2.05) is 0 Å². The fourth-order valence-electron chi connectivity index (χ4n) is 6.64. The van der Waals surface area contributed by atoms with Crippen LogP contribution in [0.3, 0.4) is 0 Å². The number of hydrogen-bond acceptors (Lipinski definition) is 11. The molecule has 338 valence electrons. The molecule has 0 aromatic heterocycles. The second kappa shape index (κ2) is 36.0. The van der Waals surface area contributed by atoms with Gasteiger partial charge >= 0.3 is 13.8 Å². The van der Waals surface area contributed by atoms with E-state index in [1.165, 1.54) is 57.8 Å². The van der Waals surface area contributed by atoms with Crippen LogP contribution in [0, 0.1) is 0 Å². The molecule has 1 rings (SSSR count). The van der Waals surface area contributed by atoms with Gasteiger partial charge in [-0.25, -0.2) is 4.57 Å². The molecule has 1 aliphatic rings. The Balaban J connectivity index is 2.41. The van der Waals surface area contributed by atoms with Crippen LogP contribution in [0.15, 0.2) is 48.6 Å². The normalized spacial score (nSPS) is 23.1. The number of allylic oxidation sites excluding steroid dienone is 8. The van der Waals surface area contributed by atoms with Gasteiger partial charge < -0.3 is 39.9 Å². The molecule has 12 nitrogen and oxygen atoms in total. The summed E-state index contributed by atoms with van der Waals surface area (Å²) in [7, 11) is -5.02. The van der Waals surface area contributed by atoms with Crippen LogP contribution in [0.25, 0.3) is 0 Å². The van der Waals surface area contributed by atoms with Crippen molar-refractivity contribution in [3.05, 3.63) is 48.6 Å². The van der Waals surface area contributed by atoms with Gasteiger partial charge in [-0.1, -0.05) is 159 Å². The lowest BCUT2D eigenvalue weighted by atomic mass is 9.85. The van der Waals surface area contributed by atoms with Gasteiger partial charge in [0.05, 0.1) is 13.2 Å². The van der Waals surface area contributed by atoms with Gasteiger partial charge in [0.1, 0.15) is 42.7 Å². The summed E-state index contributed by atoms with van der Waals surface area (Å²) in [5.41, 5.74) is 0. The zero-order chi connectivity index (χ0) is 42.7. The Morgan fingerprint density at radius 2 is 1.02 bits per heavy atom. The average Bonchev–Trinajstić information content (AvgIpc) is 3.21. The molecule has 58 heavy (non-hydrogen) atoms. The molecule has 0 amide bonds. The van der Waals surface area contributed by atoms with Gasteiger partial charge in [-0.05, 0) is 51.4 Å². The standard InChI is InChI=1S/C45H81O12P/c1-3-5-7-9-11-13-15-17-18-19-20-21-22-23-24-26-28-30-32-34-39(46)56-38(36-54-35-33-31-29-27-25-16-14-12-10-8-6-4-2)37-55-58(52,53)57-45-43(50)41(48)40(47)42(49)44(45)51/h5,7,11,13,17-18,20-21,38,40-45,47-51H,3-4,6,8-10,12,14-16,19,22-37H2,1-2H3,(H,52,53)/b7-5-,13-11-,18-17-,21-20-. The predicted octanol–water partition coefficient (Wildman–Crippen LogP) is 8.86. The van der Waals surface area contributed by atoms with E-state index in [9.17, 15) is 39.8 Å². The highest BCUT2D eigenvalue weighted by Crippen LogP contribution is 2.47. The van der Waals surface area contributed by atoms with E-state index in [2.05, 4.69) is 62.5 Å². The second-order valence-corrected chi connectivity index (χ2v) is 16.9. The van der Waals surface area contributed by atoms with Crippen LogP contribution >= 0.6 is 7.82 Å².